The summed E-state index contributed by atoms with van der Waals surface area (Å²) in [4.78, 5) is 7.13. The third-order valence-electron chi connectivity index (χ3n) is 3.90. The lowest BCUT2D eigenvalue weighted by molar-refractivity contribution is 0.412. The lowest BCUT2D eigenvalue weighted by Gasteiger charge is -2.15. The molecule has 0 aliphatic rings. The zero-order valence-electron chi connectivity index (χ0n) is 13.6. The van der Waals surface area contributed by atoms with Crippen LogP contribution in [0.1, 0.15) is 27.7 Å². The molecule has 0 unspecified atom stereocenters. The first-order valence-electron chi connectivity index (χ1n) is 7.93. The van der Waals surface area contributed by atoms with Crippen molar-refractivity contribution in [3.63, 3.8) is 0 Å². The molecular weight excluding hydrogens is 300 g/mol. The van der Waals surface area contributed by atoms with Gasteiger partial charge in [0, 0.05) is 18.3 Å². The highest BCUT2D eigenvalue weighted by molar-refractivity contribution is 7.09. The number of benzene rings is 2. The standard InChI is InChI=1S/C20H22N2S/c1-22(2)14-13-18-15-23-20(21-18)19(16-9-5-3-6-10-16)17-11-7-4-8-12-17/h3-12,15,19H,13-14H2,1-2H3. The molecule has 0 bridgehead atoms. The maximum absolute atomic E-state index is 4.93. The molecule has 1 heterocycles. The number of rotatable bonds is 6. The molecule has 0 amide bonds. The van der Waals surface area contributed by atoms with Crippen molar-refractivity contribution in [2.24, 2.45) is 0 Å². The van der Waals surface area contributed by atoms with Crippen LogP contribution in [0.15, 0.2) is 66.0 Å². The van der Waals surface area contributed by atoms with Gasteiger partial charge in [-0.2, -0.15) is 0 Å². The fourth-order valence-electron chi connectivity index (χ4n) is 2.68. The number of likely N-dealkylation sites (N-methyl/N-ethyl adjacent to an activating group) is 1. The van der Waals surface area contributed by atoms with Crippen LogP contribution in [-0.2, 0) is 6.42 Å². The predicted molar refractivity (Wildman–Crippen MR) is 98.2 cm³/mol. The van der Waals surface area contributed by atoms with E-state index in [1.165, 1.54) is 21.8 Å². The largest absolute Gasteiger partial charge is 0.309 e. The van der Waals surface area contributed by atoms with Gasteiger partial charge in [-0.3, -0.25) is 0 Å². The van der Waals surface area contributed by atoms with Crippen LogP contribution < -0.4 is 0 Å². The maximum atomic E-state index is 4.93. The minimum atomic E-state index is 0.218. The van der Waals surface area contributed by atoms with Crippen molar-refractivity contribution in [2.45, 2.75) is 12.3 Å². The van der Waals surface area contributed by atoms with Gasteiger partial charge in [-0.25, -0.2) is 4.98 Å². The monoisotopic (exact) mass is 322 g/mol. The van der Waals surface area contributed by atoms with Crippen LogP contribution in [0.3, 0.4) is 0 Å². The average Bonchev–Trinajstić information content (AvgIpc) is 3.04. The van der Waals surface area contributed by atoms with Gasteiger partial charge >= 0.3 is 0 Å². The van der Waals surface area contributed by atoms with E-state index in [0.29, 0.717) is 0 Å². The Bertz CT molecular complexity index is 680. The van der Waals surface area contributed by atoms with E-state index in [9.17, 15) is 0 Å². The van der Waals surface area contributed by atoms with Crippen LogP contribution in [-0.4, -0.2) is 30.5 Å². The van der Waals surface area contributed by atoms with Crippen LogP contribution >= 0.6 is 11.3 Å². The Hall–Kier alpha value is -1.97. The second kappa shape index (κ2) is 7.53. The fourth-order valence-corrected chi connectivity index (χ4v) is 3.68. The van der Waals surface area contributed by atoms with Crippen molar-refractivity contribution in [3.8, 4) is 0 Å². The van der Waals surface area contributed by atoms with Gasteiger partial charge in [0.2, 0.25) is 0 Å². The van der Waals surface area contributed by atoms with E-state index in [1.54, 1.807) is 11.3 Å². The van der Waals surface area contributed by atoms with Crippen LogP contribution in [0.5, 0.6) is 0 Å². The highest BCUT2D eigenvalue weighted by Crippen LogP contribution is 2.33. The highest BCUT2D eigenvalue weighted by Gasteiger charge is 2.19. The van der Waals surface area contributed by atoms with Crippen molar-refractivity contribution in [2.75, 3.05) is 20.6 Å². The summed E-state index contributed by atoms with van der Waals surface area (Å²) in [7, 11) is 4.20. The molecule has 3 aromatic rings. The van der Waals surface area contributed by atoms with Crippen molar-refractivity contribution >= 4 is 11.3 Å². The summed E-state index contributed by atoms with van der Waals surface area (Å²) in [5, 5.41) is 3.38. The van der Waals surface area contributed by atoms with Crippen molar-refractivity contribution < 1.29 is 0 Å². The Morgan fingerprint density at radius 3 is 2.00 bits per heavy atom. The van der Waals surface area contributed by atoms with Crippen molar-refractivity contribution in [1.82, 2.24) is 9.88 Å². The molecule has 0 saturated carbocycles. The Balaban J connectivity index is 1.93. The topological polar surface area (TPSA) is 16.1 Å². The number of thiazole rings is 1. The SMILES string of the molecule is CN(C)CCc1csc(C(c2ccccc2)c2ccccc2)n1. The van der Waals surface area contributed by atoms with Crippen LogP contribution in [0, 0.1) is 0 Å². The quantitative estimate of drug-likeness (QED) is 0.667. The molecule has 0 spiro atoms. The second-order valence-electron chi connectivity index (χ2n) is 5.98. The molecule has 23 heavy (non-hydrogen) atoms. The van der Waals surface area contributed by atoms with E-state index in [-0.39, 0.29) is 5.92 Å². The molecular formula is C20H22N2S. The molecule has 3 heteroatoms. The molecule has 0 aliphatic carbocycles. The smallest absolute Gasteiger partial charge is 0.105 e. The highest BCUT2D eigenvalue weighted by atomic mass is 32.1. The van der Waals surface area contributed by atoms with E-state index >= 15 is 0 Å². The number of hydrogen-bond donors (Lipinski definition) is 0. The fraction of sp³-hybridized carbons (Fsp3) is 0.250. The number of aromatic nitrogens is 1. The summed E-state index contributed by atoms with van der Waals surface area (Å²) in [6.07, 6.45) is 1.000. The third kappa shape index (κ3) is 4.06. The normalized spacial score (nSPS) is 11.3. The Morgan fingerprint density at radius 2 is 1.48 bits per heavy atom. The predicted octanol–water partition coefficient (Wildman–Crippen LogP) is 4.43. The molecule has 0 fully saturated rings. The summed E-state index contributed by atoms with van der Waals surface area (Å²) in [5.74, 6) is 0.218. The molecule has 0 aliphatic heterocycles. The Kier molecular flexibility index (Phi) is 5.21. The number of nitrogens with zero attached hydrogens (tertiary/aromatic N) is 2. The number of hydrogen-bond acceptors (Lipinski definition) is 3. The van der Waals surface area contributed by atoms with Gasteiger partial charge in [0.15, 0.2) is 0 Å². The third-order valence-corrected chi connectivity index (χ3v) is 4.86. The minimum Gasteiger partial charge on any atom is -0.309 e. The molecule has 3 rings (SSSR count). The summed E-state index contributed by atoms with van der Waals surface area (Å²) in [6, 6.07) is 21.3. The first-order valence-corrected chi connectivity index (χ1v) is 8.81. The van der Waals surface area contributed by atoms with E-state index in [4.69, 9.17) is 4.98 Å². The van der Waals surface area contributed by atoms with Gasteiger partial charge in [0.1, 0.15) is 5.01 Å². The van der Waals surface area contributed by atoms with Gasteiger partial charge in [-0.05, 0) is 25.2 Å². The summed E-state index contributed by atoms with van der Waals surface area (Å²) < 4.78 is 0. The molecule has 1 aromatic heterocycles. The first-order chi connectivity index (χ1) is 11.2. The Labute approximate surface area is 142 Å². The summed E-state index contributed by atoms with van der Waals surface area (Å²) in [5.41, 5.74) is 3.79. The zero-order valence-corrected chi connectivity index (χ0v) is 14.5. The van der Waals surface area contributed by atoms with Gasteiger partial charge in [-0.1, -0.05) is 60.7 Å². The molecule has 2 aromatic carbocycles. The van der Waals surface area contributed by atoms with Gasteiger partial charge < -0.3 is 4.90 Å². The van der Waals surface area contributed by atoms with E-state index in [0.717, 1.165) is 13.0 Å². The van der Waals surface area contributed by atoms with Crippen molar-refractivity contribution in [1.29, 1.82) is 0 Å². The van der Waals surface area contributed by atoms with Gasteiger partial charge in [-0.15, -0.1) is 11.3 Å². The van der Waals surface area contributed by atoms with Crippen LogP contribution in [0.2, 0.25) is 0 Å². The average molecular weight is 322 g/mol. The van der Waals surface area contributed by atoms with Gasteiger partial charge in [0.05, 0.1) is 11.6 Å². The molecule has 0 atom stereocenters. The molecule has 2 nitrogen and oxygen atoms in total. The Morgan fingerprint density at radius 1 is 0.913 bits per heavy atom. The lowest BCUT2D eigenvalue weighted by atomic mass is 9.92. The van der Waals surface area contributed by atoms with E-state index in [2.05, 4.69) is 85.0 Å². The summed E-state index contributed by atoms with van der Waals surface area (Å²) >= 11 is 1.77. The minimum absolute atomic E-state index is 0.218. The van der Waals surface area contributed by atoms with Crippen LogP contribution in [0.25, 0.3) is 0 Å². The molecule has 0 N–H and O–H groups in total. The molecule has 0 saturated heterocycles. The first kappa shape index (κ1) is 15.9. The maximum Gasteiger partial charge on any atom is 0.105 e. The van der Waals surface area contributed by atoms with E-state index < -0.39 is 0 Å². The van der Waals surface area contributed by atoms with Crippen molar-refractivity contribution in [3.05, 3.63) is 87.9 Å². The van der Waals surface area contributed by atoms with Crippen LogP contribution in [0.4, 0.5) is 0 Å². The zero-order chi connectivity index (χ0) is 16.1. The second-order valence-corrected chi connectivity index (χ2v) is 6.87. The van der Waals surface area contributed by atoms with Gasteiger partial charge in [0.25, 0.3) is 0 Å². The molecule has 0 radical (unpaired) electrons. The van der Waals surface area contributed by atoms with E-state index in [1.807, 2.05) is 0 Å². The lowest BCUT2D eigenvalue weighted by Crippen LogP contribution is -2.15. The summed E-state index contributed by atoms with van der Waals surface area (Å²) in [6.45, 7) is 1.03. The molecule has 118 valence electrons.